The molecule has 2 aromatic heterocycles. The number of nitrogens with zero attached hydrogens (tertiary/aromatic N) is 4. The van der Waals surface area contributed by atoms with Crippen molar-refractivity contribution in [3.63, 3.8) is 0 Å². The Balaban J connectivity index is 0.00000240. The molecule has 28 heavy (non-hydrogen) atoms. The first-order valence-electron chi connectivity index (χ1n) is 9.98. The monoisotopic (exact) mass is 383 g/mol. The van der Waals surface area contributed by atoms with Crippen molar-refractivity contribution < 1.29 is 5.82 Å². The van der Waals surface area contributed by atoms with Crippen molar-refractivity contribution in [3.8, 4) is 11.1 Å². The molecule has 3 aromatic rings. The van der Waals surface area contributed by atoms with Gasteiger partial charge in [0, 0.05) is 50.0 Å². The molecule has 1 N–H and O–H groups in total. The summed E-state index contributed by atoms with van der Waals surface area (Å²) in [5.41, 5.74) is 1.35. The van der Waals surface area contributed by atoms with Gasteiger partial charge in [-0.3, -0.25) is 4.68 Å². The van der Waals surface area contributed by atoms with Crippen LogP contribution < -0.4 is 5.32 Å². The normalized spacial score (nSPS) is 20.0. The summed E-state index contributed by atoms with van der Waals surface area (Å²) in [5, 5.41) is 9.43. The highest BCUT2D eigenvalue weighted by molar-refractivity contribution is 5.88. The quantitative estimate of drug-likeness (QED) is 0.702. The molecule has 4 rings (SSSR count). The second kappa shape index (κ2) is 7.87. The van der Waals surface area contributed by atoms with Gasteiger partial charge in [0.25, 0.3) is 0 Å². The van der Waals surface area contributed by atoms with Crippen molar-refractivity contribution in [3.05, 3.63) is 42.6 Å². The molecule has 2 heterocycles. The SMILES string of the molecule is CN(C)C1CCC(CNc2cc3cc(-c4cnn(C)c4)c(F)cc3cn2)CC1.[HH]. The van der Waals surface area contributed by atoms with E-state index in [1.54, 1.807) is 23.1 Å². The van der Waals surface area contributed by atoms with E-state index in [9.17, 15) is 4.39 Å². The summed E-state index contributed by atoms with van der Waals surface area (Å²) < 4.78 is 16.2. The molecule has 0 spiro atoms. The van der Waals surface area contributed by atoms with Crippen LogP contribution in [-0.2, 0) is 7.05 Å². The number of fused-ring (bicyclic) bond motifs is 1. The van der Waals surface area contributed by atoms with Gasteiger partial charge in [-0.05, 0) is 69.3 Å². The zero-order chi connectivity index (χ0) is 19.7. The van der Waals surface area contributed by atoms with Crippen LogP contribution in [0.2, 0.25) is 0 Å². The van der Waals surface area contributed by atoms with Crippen LogP contribution in [-0.4, -0.2) is 46.3 Å². The van der Waals surface area contributed by atoms with Gasteiger partial charge in [-0.15, -0.1) is 0 Å². The maximum absolute atomic E-state index is 14.5. The van der Waals surface area contributed by atoms with Gasteiger partial charge < -0.3 is 10.2 Å². The second-order valence-electron chi connectivity index (χ2n) is 8.17. The standard InChI is InChI=1S/C22H28FN5.H2/c1-27(2)19-6-4-15(5-7-19)11-24-22-10-16-8-20(18-13-26-28(3)14-18)21(23)9-17(16)12-25-22;/h8-10,12-15,19H,4-7,11H2,1-3H3,(H,24,25);1H. The zero-order valence-electron chi connectivity index (χ0n) is 16.8. The van der Waals surface area contributed by atoms with E-state index in [4.69, 9.17) is 0 Å². The highest BCUT2D eigenvalue weighted by Gasteiger charge is 2.22. The van der Waals surface area contributed by atoms with Crippen LogP contribution in [0.15, 0.2) is 36.8 Å². The predicted octanol–water partition coefficient (Wildman–Crippen LogP) is 4.55. The van der Waals surface area contributed by atoms with E-state index in [0.717, 1.165) is 34.7 Å². The largest absolute Gasteiger partial charge is 0.370 e. The van der Waals surface area contributed by atoms with Gasteiger partial charge in [0.05, 0.1) is 6.20 Å². The topological polar surface area (TPSA) is 46.0 Å². The third-order valence-corrected chi connectivity index (χ3v) is 5.94. The Hall–Kier alpha value is -2.47. The Labute approximate surface area is 167 Å². The fourth-order valence-electron chi connectivity index (χ4n) is 4.16. The molecule has 1 aliphatic rings. The number of hydrogen-bond donors (Lipinski definition) is 1. The third-order valence-electron chi connectivity index (χ3n) is 5.94. The van der Waals surface area contributed by atoms with Gasteiger partial charge in [0.1, 0.15) is 11.6 Å². The molecule has 1 aromatic carbocycles. The van der Waals surface area contributed by atoms with Gasteiger partial charge >= 0.3 is 0 Å². The minimum atomic E-state index is -0.249. The van der Waals surface area contributed by atoms with Crippen LogP contribution in [0.1, 0.15) is 27.1 Å². The maximum Gasteiger partial charge on any atom is 0.131 e. The average Bonchev–Trinajstić information content (AvgIpc) is 3.12. The first-order chi connectivity index (χ1) is 13.5. The van der Waals surface area contributed by atoms with Crippen LogP contribution in [0.3, 0.4) is 0 Å². The molecule has 0 aliphatic heterocycles. The summed E-state index contributed by atoms with van der Waals surface area (Å²) in [6.45, 7) is 0.940. The summed E-state index contributed by atoms with van der Waals surface area (Å²) in [6.07, 6.45) is 10.3. The Kier molecular flexibility index (Phi) is 5.31. The number of halogens is 1. The Bertz CT molecular complexity index is 963. The van der Waals surface area contributed by atoms with E-state index < -0.39 is 0 Å². The Morgan fingerprint density at radius 1 is 1.14 bits per heavy atom. The third kappa shape index (κ3) is 4.02. The number of aryl methyl sites for hydroxylation is 1. The average molecular weight is 384 g/mol. The van der Waals surface area contributed by atoms with Crippen molar-refractivity contribution in [2.75, 3.05) is 26.0 Å². The van der Waals surface area contributed by atoms with Crippen molar-refractivity contribution in [1.29, 1.82) is 0 Å². The highest BCUT2D eigenvalue weighted by atomic mass is 19.1. The number of anilines is 1. The molecule has 150 valence electrons. The van der Waals surface area contributed by atoms with Crippen molar-refractivity contribution >= 4 is 16.6 Å². The highest BCUT2D eigenvalue weighted by Crippen LogP contribution is 2.29. The molecule has 0 bridgehead atoms. The fourth-order valence-corrected chi connectivity index (χ4v) is 4.16. The van der Waals surface area contributed by atoms with Gasteiger partial charge in [0.2, 0.25) is 0 Å². The summed E-state index contributed by atoms with van der Waals surface area (Å²) >= 11 is 0. The Morgan fingerprint density at radius 2 is 1.93 bits per heavy atom. The molecule has 0 atom stereocenters. The number of pyridine rings is 1. The first-order valence-corrected chi connectivity index (χ1v) is 9.98. The van der Waals surface area contributed by atoms with Crippen LogP contribution in [0.5, 0.6) is 0 Å². The molecule has 6 heteroatoms. The molecule has 0 amide bonds. The van der Waals surface area contributed by atoms with Crippen molar-refractivity contribution in [2.24, 2.45) is 13.0 Å². The summed E-state index contributed by atoms with van der Waals surface area (Å²) in [7, 11) is 6.18. The van der Waals surface area contributed by atoms with Crippen molar-refractivity contribution in [1.82, 2.24) is 19.7 Å². The molecular weight excluding hydrogens is 353 g/mol. The predicted molar refractivity (Wildman–Crippen MR) is 114 cm³/mol. The number of rotatable bonds is 5. The van der Waals surface area contributed by atoms with E-state index in [1.165, 1.54) is 25.7 Å². The van der Waals surface area contributed by atoms with Gasteiger partial charge in [-0.25, -0.2) is 9.37 Å². The fraction of sp³-hybridized carbons (Fsp3) is 0.455. The van der Waals surface area contributed by atoms with Crippen LogP contribution >= 0.6 is 0 Å². The van der Waals surface area contributed by atoms with Crippen molar-refractivity contribution in [2.45, 2.75) is 31.7 Å². The molecule has 1 aliphatic carbocycles. The van der Waals surface area contributed by atoms with E-state index in [-0.39, 0.29) is 7.24 Å². The lowest BCUT2D eigenvalue weighted by Gasteiger charge is -2.32. The first kappa shape index (κ1) is 18.9. The number of aromatic nitrogens is 3. The molecule has 0 unspecified atom stereocenters. The number of hydrogen-bond acceptors (Lipinski definition) is 4. The van der Waals surface area contributed by atoms with E-state index >= 15 is 0 Å². The smallest absolute Gasteiger partial charge is 0.131 e. The summed E-state index contributed by atoms with van der Waals surface area (Å²) in [4.78, 5) is 6.82. The number of nitrogens with one attached hydrogen (secondary N) is 1. The minimum absolute atomic E-state index is 0. The zero-order valence-corrected chi connectivity index (χ0v) is 16.8. The van der Waals surface area contributed by atoms with Crippen LogP contribution in [0.4, 0.5) is 10.2 Å². The van der Waals surface area contributed by atoms with E-state index in [2.05, 4.69) is 34.4 Å². The minimum Gasteiger partial charge on any atom is -0.370 e. The number of benzene rings is 1. The molecule has 5 nitrogen and oxygen atoms in total. The summed E-state index contributed by atoms with van der Waals surface area (Å²) in [6, 6.07) is 6.17. The Morgan fingerprint density at radius 3 is 2.61 bits per heavy atom. The molecule has 0 saturated heterocycles. The lowest BCUT2D eigenvalue weighted by Crippen LogP contribution is -2.33. The molecular formula is C22H30FN5. The van der Waals surface area contributed by atoms with E-state index in [1.807, 2.05) is 25.4 Å². The summed E-state index contributed by atoms with van der Waals surface area (Å²) in [5.74, 6) is 1.29. The van der Waals surface area contributed by atoms with Gasteiger partial charge in [-0.1, -0.05) is 0 Å². The van der Waals surface area contributed by atoms with Gasteiger partial charge in [0.15, 0.2) is 0 Å². The van der Waals surface area contributed by atoms with E-state index in [0.29, 0.717) is 11.5 Å². The molecule has 1 saturated carbocycles. The van der Waals surface area contributed by atoms with Crippen LogP contribution in [0, 0.1) is 11.7 Å². The molecule has 0 radical (unpaired) electrons. The lowest BCUT2D eigenvalue weighted by atomic mass is 9.85. The van der Waals surface area contributed by atoms with Crippen LogP contribution in [0.25, 0.3) is 21.9 Å². The lowest BCUT2D eigenvalue weighted by molar-refractivity contribution is 0.198. The second-order valence-corrected chi connectivity index (χ2v) is 8.17. The van der Waals surface area contributed by atoms with Gasteiger partial charge in [-0.2, -0.15) is 5.10 Å². The molecule has 1 fully saturated rings. The maximum atomic E-state index is 14.5.